The normalized spacial score (nSPS) is 10.4. The molecule has 34 heavy (non-hydrogen) atoms. The summed E-state index contributed by atoms with van der Waals surface area (Å²) in [6.07, 6.45) is 1.52. The van der Waals surface area contributed by atoms with Gasteiger partial charge in [0.25, 0.3) is 0 Å². The van der Waals surface area contributed by atoms with E-state index in [1.165, 1.54) is 22.5 Å². The van der Waals surface area contributed by atoms with Crippen LogP contribution in [-0.2, 0) is 21.1 Å². The topological polar surface area (TPSA) is 30.7 Å². The average molecular weight is 628 g/mol. The van der Waals surface area contributed by atoms with Crippen LogP contribution in [0.15, 0.2) is 97.2 Å². The number of hydrogen-bond acceptors (Lipinski definition) is 2. The molecule has 0 saturated heterocycles. The first-order valence-electron chi connectivity index (χ1n) is 10.2. The van der Waals surface area contributed by atoms with Crippen molar-refractivity contribution in [3.05, 3.63) is 127 Å². The van der Waals surface area contributed by atoms with Gasteiger partial charge >= 0.3 is 0 Å². The molecule has 0 N–H and O–H groups in total. The van der Waals surface area contributed by atoms with Gasteiger partial charge in [-0.05, 0) is 23.2 Å². The average Bonchev–Trinajstić information content (AvgIpc) is 3.20. The molecule has 0 fully saturated rings. The molecule has 6 aromatic rings. The van der Waals surface area contributed by atoms with Gasteiger partial charge in [-0.3, -0.25) is 4.98 Å². The predicted molar refractivity (Wildman–Crippen MR) is 125 cm³/mol. The number of para-hydroxylation sites is 3. The second-order valence-corrected chi connectivity index (χ2v) is 7.14. The minimum Gasteiger partial charge on any atom is -0.358 e. The third kappa shape index (κ3) is 4.66. The maximum atomic E-state index is 13.1. The van der Waals surface area contributed by atoms with Crippen molar-refractivity contribution in [1.29, 1.82) is 0 Å². The monoisotopic (exact) mass is 627 g/mol. The summed E-state index contributed by atoms with van der Waals surface area (Å²) in [4.78, 5) is 6.95. The van der Waals surface area contributed by atoms with Gasteiger partial charge in [0.2, 0.25) is 0 Å². The maximum Gasteiger partial charge on any atom is 0.128 e. The molecule has 0 saturated carbocycles. The fourth-order valence-corrected chi connectivity index (χ4v) is 3.68. The van der Waals surface area contributed by atoms with E-state index in [-0.39, 0.29) is 26.6 Å². The largest absolute Gasteiger partial charge is 0.358 e. The molecule has 0 radical (unpaired) electrons. The molecule has 0 aliphatic carbocycles. The first-order chi connectivity index (χ1) is 16.2. The van der Waals surface area contributed by atoms with Crippen LogP contribution < -0.4 is 0 Å². The molecule has 0 amide bonds. The molecule has 3 nitrogen and oxygen atoms in total. The molecule has 3 aromatic carbocycles. The minimum atomic E-state index is -0.899. The van der Waals surface area contributed by atoms with Gasteiger partial charge in [0.05, 0.1) is 0 Å². The van der Waals surface area contributed by atoms with Crippen molar-refractivity contribution in [3.8, 4) is 16.9 Å². The summed E-state index contributed by atoms with van der Waals surface area (Å²) in [6, 6.07) is 37.7. The van der Waals surface area contributed by atoms with Crippen LogP contribution in [0.25, 0.3) is 38.8 Å². The van der Waals surface area contributed by atoms with E-state index < -0.39 is 11.9 Å². The van der Waals surface area contributed by atoms with E-state index >= 15 is 0 Å². The summed E-state index contributed by atoms with van der Waals surface area (Å²) in [5.74, 6) is -1.79. The summed E-state index contributed by atoms with van der Waals surface area (Å²) >= 11 is 0. The first kappa shape index (κ1) is 23.5. The Morgan fingerprint density at radius 1 is 0.735 bits per heavy atom. The number of halogens is 2. The zero-order valence-electron chi connectivity index (χ0n) is 17.7. The molecule has 6 heteroatoms. The van der Waals surface area contributed by atoms with Crippen LogP contribution >= 0.6 is 0 Å². The maximum absolute atomic E-state index is 13.1. The van der Waals surface area contributed by atoms with Crippen LogP contribution in [0.1, 0.15) is 0 Å². The number of nitrogens with zero attached hydrogens (tertiary/aromatic N) is 3. The molecule has 170 valence electrons. The van der Waals surface area contributed by atoms with E-state index in [4.69, 9.17) is 0 Å². The van der Waals surface area contributed by atoms with Crippen molar-refractivity contribution in [2.45, 2.75) is 0 Å². The molecular weight excluding hydrogens is 611 g/mol. The molecule has 6 rings (SSSR count). The first-order valence-corrected chi connectivity index (χ1v) is 10.2. The van der Waals surface area contributed by atoms with Gasteiger partial charge in [-0.15, -0.1) is 17.5 Å². The van der Waals surface area contributed by atoms with E-state index in [0.717, 1.165) is 17.3 Å². The second kappa shape index (κ2) is 10.5. The molecule has 0 bridgehead atoms. The van der Waals surface area contributed by atoms with Gasteiger partial charge in [-0.2, -0.15) is 48.5 Å². The number of aromatic nitrogens is 3. The van der Waals surface area contributed by atoms with Crippen LogP contribution in [-0.4, -0.2) is 14.5 Å². The molecule has 0 spiro atoms. The Morgan fingerprint density at radius 3 is 2.26 bits per heavy atom. The molecule has 3 heterocycles. The summed E-state index contributed by atoms with van der Waals surface area (Å²) in [5, 5.41) is 2.49. The zero-order chi connectivity index (χ0) is 22.6. The van der Waals surface area contributed by atoms with Gasteiger partial charge < -0.3 is 9.55 Å². The van der Waals surface area contributed by atoms with E-state index in [1.54, 1.807) is 18.2 Å². The van der Waals surface area contributed by atoms with Gasteiger partial charge in [0.1, 0.15) is 11.9 Å². The Labute approximate surface area is 210 Å². The van der Waals surface area contributed by atoms with Crippen molar-refractivity contribution in [3.63, 3.8) is 0 Å². The van der Waals surface area contributed by atoms with Crippen molar-refractivity contribution in [1.82, 2.24) is 14.5 Å². The van der Waals surface area contributed by atoms with Crippen LogP contribution in [0.2, 0.25) is 0 Å². The smallest absolute Gasteiger partial charge is 0.128 e. The van der Waals surface area contributed by atoms with Gasteiger partial charge in [-0.1, -0.05) is 53.2 Å². The van der Waals surface area contributed by atoms with Gasteiger partial charge in [0.15, 0.2) is 0 Å². The molecule has 0 aliphatic heterocycles. The molecule has 0 atom stereocenters. The molecule has 0 aliphatic rings. The summed E-state index contributed by atoms with van der Waals surface area (Å²) in [7, 11) is 0. The van der Waals surface area contributed by atoms with E-state index in [0.29, 0.717) is 5.69 Å². The van der Waals surface area contributed by atoms with Crippen molar-refractivity contribution < 1.29 is 29.8 Å². The molecular formula is C28H16F2N3Pt-3. The summed E-state index contributed by atoms with van der Waals surface area (Å²) in [6.45, 7) is 0. The van der Waals surface area contributed by atoms with Gasteiger partial charge in [0, 0.05) is 32.8 Å². The summed E-state index contributed by atoms with van der Waals surface area (Å²) < 4.78 is 27.8. The van der Waals surface area contributed by atoms with E-state index in [2.05, 4.69) is 69.1 Å². The van der Waals surface area contributed by atoms with Crippen molar-refractivity contribution in [2.75, 3.05) is 0 Å². The quantitative estimate of drug-likeness (QED) is 0.160. The predicted octanol–water partition coefficient (Wildman–Crippen LogP) is 6.60. The van der Waals surface area contributed by atoms with Crippen molar-refractivity contribution >= 4 is 21.8 Å². The summed E-state index contributed by atoms with van der Waals surface area (Å²) in [5.41, 5.74) is 3.81. The van der Waals surface area contributed by atoms with Gasteiger partial charge in [-0.25, -0.2) is 8.78 Å². The molecule has 0 unspecified atom stereocenters. The second-order valence-electron chi connectivity index (χ2n) is 7.14. The Morgan fingerprint density at radius 2 is 1.50 bits per heavy atom. The third-order valence-electron chi connectivity index (χ3n) is 5.09. The number of hydrogen-bond donors (Lipinski definition) is 0. The Bertz CT molecular complexity index is 1480. The number of rotatable bonds is 2. The Kier molecular flexibility index (Phi) is 7.24. The van der Waals surface area contributed by atoms with Crippen LogP contribution in [0.3, 0.4) is 0 Å². The van der Waals surface area contributed by atoms with E-state index in [9.17, 15) is 8.78 Å². The van der Waals surface area contributed by atoms with E-state index in [1.807, 2.05) is 30.3 Å². The van der Waals surface area contributed by atoms with Crippen LogP contribution in [0.4, 0.5) is 8.78 Å². The fourth-order valence-electron chi connectivity index (χ4n) is 3.68. The number of benzene rings is 3. The minimum absolute atomic E-state index is 0. The Balaban J connectivity index is 0.000000164. The number of fused-ring (bicyclic) bond motifs is 3. The molecule has 3 aromatic heterocycles. The standard InChI is InChI=1S/C18H11N.C10H5F2N2.Pt/c1-2-8-14(9-3-1)19-17-12-6-4-10-15(17)16-11-5-7-13-18(16)19;11-9-5-4-7(10(12)14-9)8-3-1-2-6-13-8;/h1-8,10-12H;1-3,5-6H;/q-2;-1;. The third-order valence-corrected chi connectivity index (χ3v) is 5.09. The van der Waals surface area contributed by atoms with Crippen LogP contribution in [0.5, 0.6) is 0 Å². The van der Waals surface area contributed by atoms with Crippen LogP contribution in [0, 0.1) is 30.1 Å². The Hall–Kier alpha value is -3.69. The fraction of sp³-hybridized carbons (Fsp3) is 0. The zero-order valence-corrected chi connectivity index (χ0v) is 19.9. The number of pyridine rings is 2. The van der Waals surface area contributed by atoms with Crippen molar-refractivity contribution in [2.24, 2.45) is 0 Å². The SMILES string of the molecule is Fc1c[c-]c(-c2ccccn2)c(F)n1.[Pt].[c-]1ccccc1-n1c2[c-]cccc2c2ccccc21.